The summed E-state index contributed by atoms with van der Waals surface area (Å²) in [5, 5.41) is 3.16. The molecule has 0 atom stereocenters. The van der Waals surface area contributed by atoms with E-state index in [9.17, 15) is 13.2 Å². The summed E-state index contributed by atoms with van der Waals surface area (Å²) >= 11 is 0. The number of fused-ring (bicyclic) bond motifs is 1. The molecule has 0 saturated heterocycles. The molecule has 0 unspecified atom stereocenters. The lowest BCUT2D eigenvalue weighted by atomic mass is 9.85. The van der Waals surface area contributed by atoms with Gasteiger partial charge < -0.3 is 5.32 Å². The minimum atomic E-state index is -3.22. The smallest absolute Gasteiger partial charge is 0.235 e. The first-order valence-corrected chi connectivity index (χ1v) is 12.3. The van der Waals surface area contributed by atoms with Crippen molar-refractivity contribution in [2.24, 2.45) is 0 Å². The predicted octanol–water partition coefficient (Wildman–Crippen LogP) is 3.97. The highest BCUT2D eigenvalue weighted by Crippen LogP contribution is 2.49. The van der Waals surface area contributed by atoms with E-state index in [4.69, 9.17) is 0 Å². The number of rotatable bonds is 4. The van der Waals surface area contributed by atoms with Gasteiger partial charge in [-0.3, -0.25) is 4.79 Å². The topological polar surface area (TPSA) is 66.5 Å². The van der Waals surface area contributed by atoms with Crippen LogP contribution in [0.4, 0.5) is 5.69 Å². The molecule has 2 aliphatic rings. The molecule has 1 heterocycles. The Bertz CT molecular complexity index is 1080. The fourth-order valence-electron chi connectivity index (χ4n) is 4.29. The van der Waals surface area contributed by atoms with Crippen LogP contribution in [0.5, 0.6) is 0 Å². The number of anilines is 1. The Morgan fingerprint density at radius 2 is 1.73 bits per heavy atom. The van der Waals surface area contributed by atoms with E-state index in [1.54, 1.807) is 0 Å². The average Bonchev–Trinajstić information content (AvgIpc) is 3.49. The molecule has 0 radical (unpaired) electrons. The normalized spacial score (nSPS) is 18.5. The summed E-state index contributed by atoms with van der Waals surface area (Å²) in [6, 6.07) is 14.2. The lowest BCUT2D eigenvalue weighted by Crippen LogP contribution is -2.36. The molecule has 1 amide bonds. The van der Waals surface area contributed by atoms with Gasteiger partial charge in [-0.15, -0.1) is 0 Å². The van der Waals surface area contributed by atoms with E-state index in [0.717, 1.165) is 35.2 Å². The maximum absolute atomic E-state index is 13.3. The van der Waals surface area contributed by atoms with Gasteiger partial charge in [0.2, 0.25) is 15.9 Å². The molecule has 0 bridgehead atoms. The van der Waals surface area contributed by atoms with Crippen molar-refractivity contribution < 1.29 is 13.2 Å². The van der Waals surface area contributed by atoms with Crippen LogP contribution in [0.2, 0.25) is 0 Å². The molecule has 4 rings (SSSR count). The molecule has 6 heteroatoms. The quantitative estimate of drug-likeness (QED) is 0.804. The maximum Gasteiger partial charge on any atom is 0.235 e. The van der Waals surface area contributed by atoms with Gasteiger partial charge in [-0.2, -0.15) is 4.31 Å². The van der Waals surface area contributed by atoms with Crippen molar-refractivity contribution >= 4 is 21.6 Å². The number of carbonyl (C=O) groups excluding carboxylic acids is 1. The number of nitrogens with zero attached hydrogens (tertiary/aromatic N) is 1. The van der Waals surface area contributed by atoms with Crippen molar-refractivity contribution in [2.45, 2.75) is 57.4 Å². The zero-order chi connectivity index (χ0) is 21.7. The van der Waals surface area contributed by atoms with Gasteiger partial charge in [-0.05, 0) is 53.0 Å². The number of sulfonamides is 1. The zero-order valence-electron chi connectivity index (χ0n) is 18.2. The van der Waals surface area contributed by atoms with Gasteiger partial charge >= 0.3 is 0 Å². The van der Waals surface area contributed by atoms with Crippen LogP contribution in [-0.4, -0.2) is 31.4 Å². The predicted molar refractivity (Wildman–Crippen MR) is 120 cm³/mol. The Kier molecular flexibility index (Phi) is 5.06. The van der Waals surface area contributed by atoms with Gasteiger partial charge in [-0.1, -0.05) is 57.2 Å². The second kappa shape index (κ2) is 7.20. The van der Waals surface area contributed by atoms with Gasteiger partial charge in [0, 0.05) is 18.8 Å². The molecule has 1 saturated carbocycles. The zero-order valence-corrected chi connectivity index (χ0v) is 19.0. The van der Waals surface area contributed by atoms with Gasteiger partial charge in [0.15, 0.2) is 0 Å². The Morgan fingerprint density at radius 1 is 1.07 bits per heavy atom. The fourth-order valence-corrected chi connectivity index (χ4v) is 5.08. The summed E-state index contributed by atoms with van der Waals surface area (Å²) < 4.78 is 25.3. The largest absolute Gasteiger partial charge is 0.325 e. The minimum absolute atomic E-state index is 0.0324. The van der Waals surface area contributed by atoms with Crippen LogP contribution in [0, 0.1) is 0 Å². The molecule has 1 fully saturated rings. The first-order valence-electron chi connectivity index (χ1n) is 10.5. The Hall–Kier alpha value is -2.18. The number of nitrogens with one attached hydrogen (secondary N) is 1. The standard InChI is InChI=1S/C24H30N2O3S/c1-23(2,3)18-8-10-19(11-9-18)24(13-14-24)22(27)25-21-7-5-6-17-16-26(30(4,28)29)15-12-20(17)21/h5-11H,12-16H2,1-4H3,(H,25,27). The van der Waals surface area contributed by atoms with Gasteiger partial charge in [0.25, 0.3) is 0 Å². The summed E-state index contributed by atoms with van der Waals surface area (Å²) in [5.41, 5.74) is 4.78. The third-order valence-electron chi connectivity index (χ3n) is 6.44. The summed E-state index contributed by atoms with van der Waals surface area (Å²) in [6.45, 7) is 7.36. The van der Waals surface area contributed by atoms with Gasteiger partial charge in [0.05, 0.1) is 11.7 Å². The first-order chi connectivity index (χ1) is 14.0. The van der Waals surface area contributed by atoms with E-state index < -0.39 is 15.4 Å². The number of carbonyl (C=O) groups is 1. The van der Waals surface area contributed by atoms with Crippen molar-refractivity contribution in [3.63, 3.8) is 0 Å². The first kappa shape index (κ1) is 21.1. The van der Waals surface area contributed by atoms with Crippen LogP contribution in [0.1, 0.15) is 55.9 Å². The van der Waals surface area contributed by atoms with Crippen molar-refractivity contribution in [1.29, 1.82) is 0 Å². The summed E-state index contributed by atoms with van der Waals surface area (Å²) in [5.74, 6) is 0.0324. The average molecular weight is 427 g/mol. The van der Waals surface area contributed by atoms with E-state index in [1.807, 2.05) is 18.2 Å². The van der Waals surface area contributed by atoms with Gasteiger partial charge in [0.1, 0.15) is 0 Å². The summed E-state index contributed by atoms with van der Waals surface area (Å²) in [6.07, 6.45) is 3.55. The number of amides is 1. The van der Waals surface area contributed by atoms with Crippen molar-refractivity contribution in [3.8, 4) is 0 Å². The molecule has 0 aromatic heterocycles. The van der Waals surface area contributed by atoms with Crippen LogP contribution in [0.3, 0.4) is 0 Å². The highest BCUT2D eigenvalue weighted by atomic mass is 32.2. The third-order valence-corrected chi connectivity index (χ3v) is 7.69. The molecule has 0 spiro atoms. The maximum atomic E-state index is 13.3. The molecule has 5 nitrogen and oxygen atoms in total. The second-order valence-electron chi connectivity index (χ2n) is 9.65. The molecule has 1 aliphatic heterocycles. The lowest BCUT2D eigenvalue weighted by Gasteiger charge is -2.28. The molecule has 2 aromatic carbocycles. The summed E-state index contributed by atoms with van der Waals surface area (Å²) in [4.78, 5) is 13.3. The van der Waals surface area contributed by atoms with Gasteiger partial charge in [-0.25, -0.2) is 8.42 Å². The van der Waals surface area contributed by atoms with Crippen LogP contribution >= 0.6 is 0 Å². The van der Waals surface area contributed by atoms with E-state index in [-0.39, 0.29) is 11.3 Å². The Balaban J connectivity index is 1.55. The van der Waals surface area contributed by atoms with Crippen molar-refractivity contribution in [3.05, 3.63) is 64.7 Å². The summed E-state index contributed by atoms with van der Waals surface area (Å²) in [7, 11) is -3.22. The highest BCUT2D eigenvalue weighted by Gasteiger charge is 2.51. The Labute approximate surface area is 179 Å². The highest BCUT2D eigenvalue weighted by molar-refractivity contribution is 7.88. The van der Waals surface area contributed by atoms with Crippen LogP contribution in [0.15, 0.2) is 42.5 Å². The molecule has 160 valence electrons. The minimum Gasteiger partial charge on any atom is -0.325 e. The Morgan fingerprint density at radius 3 is 2.30 bits per heavy atom. The van der Waals surface area contributed by atoms with Crippen LogP contribution < -0.4 is 5.32 Å². The number of hydrogen-bond acceptors (Lipinski definition) is 3. The lowest BCUT2D eigenvalue weighted by molar-refractivity contribution is -0.118. The number of benzene rings is 2. The van der Waals surface area contributed by atoms with Crippen molar-refractivity contribution in [2.75, 3.05) is 18.1 Å². The van der Waals surface area contributed by atoms with Crippen LogP contribution in [0.25, 0.3) is 0 Å². The monoisotopic (exact) mass is 426 g/mol. The SMILES string of the molecule is CC(C)(C)c1ccc(C2(C(=O)Nc3cccc4c3CCN(S(C)(=O)=O)C4)CC2)cc1. The molecule has 30 heavy (non-hydrogen) atoms. The molecular weight excluding hydrogens is 396 g/mol. The second-order valence-corrected chi connectivity index (χ2v) is 11.6. The van der Waals surface area contributed by atoms with Crippen molar-refractivity contribution in [1.82, 2.24) is 4.31 Å². The fraction of sp³-hybridized carbons (Fsp3) is 0.458. The molecular formula is C24H30N2O3S. The number of hydrogen-bond donors (Lipinski definition) is 1. The molecule has 1 N–H and O–H groups in total. The molecule has 2 aromatic rings. The van der Waals surface area contributed by atoms with E-state index >= 15 is 0 Å². The van der Waals surface area contributed by atoms with E-state index in [0.29, 0.717) is 19.5 Å². The van der Waals surface area contributed by atoms with Crippen LogP contribution in [-0.2, 0) is 38.6 Å². The van der Waals surface area contributed by atoms with E-state index in [2.05, 4.69) is 50.4 Å². The third kappa shape index (κ3) is 3.91. The molecule has 1 aliphatic carbocycles. The van der Waals surface area contributed by atoms with E-state index in [1.165, 1.54) is 16.1 Å².